The zero-order chi connectivity index (χ0) is 11.4. The number of phenols is 1. The molecule has 0 aliphatic rings. The first-order valence-corrected chi connectivity index (χ1v) is 6.09. The lowest BCUT2D eigenvalue weighted by atomic mass is 10.3. The standard InChI is InChI=1S/C13H14O2S/c1-2-10-7-8-11(16-10)9-15-13-6-4-3-5-12(13)14/h3-8,14H,2,9H2,1H3. The molecule has 0 bridgehead atoms. The summed E-state index contributed by atoms with van der Waals surface area (Å²) >= 11 is 1.75. The van der Waals surface area contributed by atoms with Gasteiger partial charge in [0.05, 0.1) is 0 Å². The zero-order valence-corrected chi connectivity index (χ0v) is 9.96. The summed E-state index contributed by atoms with van der Waals surface area (Å²) in [5.74, 6) is 0.726. The van der Waals surface area contributed by atoms with E-state index in [0.717, 1.165) is 6.42 Å². The first-order valence-electron chi connectivity index (χ1n) is 5.28. The number of benzene rings is 1. The Hall–Kier alpha value is -1.48. The third kappa shape index (κ3) is 2.55. The minimum atomic E-state index is 0.190. The molecule has 0 amide bonds. The minimum absolute atomic E-state index is 0.190. The lowest BCUT2D eigenvalue weighted by Crippen LogP contribution is -1.92. The minimum Gasteiger partial charge on any atom is -0.504 e. The molecule has 1 aromatic heterocycles. The predicted octanol–water partition coefficient (Wildman–Crippen LogP) is 3.60. The summed E-state index contributed by atoms with van der Waals surface area (Å²) in [6, 6.07) is 11.2. The van der Waals surface area contributed by atoms with Gasteiger partial charge in [0.1, 0.15) is 6.61 Å². The number of aromatic hydroxyl groups is 1. The van der Waals surface area contributed by atoms with E-state index in [1.54, 1.807) is 29.5 Å². The first kappa shape index (κ1) is 11.0. The third-order valence-electron chi connectivity index (χ3n) is 2.30. The Balaban J connectivity index is 1.99. The van der Waals surface area contributed by atoms with E-state index in [0.29, 0.717) is 12.4 Å². The molecule has 1 N–H and O–H groups in total. The average molecular weight is 234 g/mol. The van der Waals surface area contributed by atoms with Gasteiger partial charge >= 0.3 is 0 Å². The van der Waals surface area contributed by atoms with Gasteiger partial charge in [-0.2, -0.15) is 0 Å². The molecule has 0 atom stereocenters. The van der Waals surface area contributed by atoms with E-state index in [9.17, 15) is 5.11 Å². The molecule has 0 unspecified atom stereocenters. The molecule has 0 spiro atoms. The molecule has 1 heterocycles. The Morgan fingerprint density at radius 1 is 1.12 bits per heavy atom. The van der Waals surface area contributed by atoms with Crippen molar-refractivity contribution in [3.05, 3.63) is 46.2 Å². The fourth-order valence-electron chi connectivity index (χ4n) is 1.42. The topological polar surface area (TPSA) is 29.5 Å². The molecule has 2 nitrogen and oxygen atoms in total. The van der Waals surface area contributed by atoms with Crippen LogP contribution in [0.5, 0.6) is 11.5 Å². The van der Waals surface area contributed by atoms with Crippen molar-refractivity contribution in [2.45, 2.75) is 20.0 Å². The van der Waals surface area contributed by atoms with Crippen molar-refractivity contribution in [3.63, 3.8) is 0 Å². The summed E-state index contributed by atoms with van der Waals surface area (Å²) in [6.45, 7) is 2.65. The summed E-state index contributed by atoms with van der Waals surface area (Å²) in [5.41, 5.74) is 0. The molecule has 0 aliphatic carbocycles. The van der Waals surface area contributed by atoms with Crippen LogP contribution in [-0.2, 0) is 13.0 Å². The highest BCUT2D eigenvalue weighted by Crippen LogP contribution is 2.26. The fraction of sp³-hybridized carbons (Fsp3) is 0.231. The van der Waals surface area contributed by atoms with Crippen LogP contribution in [0.3, 0.4) is 0 Å². The van der Waals surface area contributed by atoms with Gasteiger partial charge in [-0.15, -0.1) is 11.3 Å². The molecular weight excluding hydrogens is 220 g/mol. The molecule has 16 heavy (non-hydrogen) atoms. The van der Waals surface area contributed by atoms with E-state index >= 15 is 0 Å². The summed E-state index contributed by atoms with van der Waals surface area (Å²) in [5, 5.41) is 9.52. The first-order chi connectivity index (χ1) is 7.79. The van der Waals surface area contributed by atoms with Gasteiger partial charge in [-0.05, 0) is 30.7 Å². The Kier molecular flexibility index (Phi) is 3.47. The van der Waals surface area contributed by atoms with Gasteiger partial charge in [-0.1, -0.05) is 19.1 Å². The van der Waals surface area contributed by atoms with Gasteiger partial charge in [0.25, 0.3) is 0 Å². The monoisotopic (exact) mass is 234 g/mol. The Morgan fingerprint density at radius 2 is 1.88 bits per heavy atom. The normalized spacial score (nSPS) is 10.3. The van der Waals surface area contributed by atoms with Gasteiger partial charge in [0.15, 0.2) is 11.5 Å². The molecule has 0 saturated carbocycles. The van der Waals surface area contributed by atoms with Crippen molar-refractivity contribution in [3.8, 4) is 11.5 Å². The van der Waals surface area contributed by atoms with E-state index in [1.165, 1.54) is 9.75 Å². The molecule has 0 fully saturated rings. The molecule has 1 aromatic carbocycles. The lowest BCUT2D eigenvalue weighted by molar-refractivity contribution is 0.292. The molecule has 2 aromatic rings. The smallest absolute Gasteiger partial charge is 0.161 e. The quantitative estimate of drug-likeness (QED) is 0.876. The Morgan fingerprint density at radius 3 is 2.56 bits per heavy atom. The Labute approximate surface area is 99.1 Å². The van der Waals surface area contributed by atoms with Crippen LogP contribution >= 0.6 is 11.3 Å². The summed E-state index contributed by atoms with van der Waals surface area (Å²) in [7, 11) is 0. The van der Waals surface area contributed by atoms with Crippen molar-refractivity contribution < 1.29 is 9.84 Å². The van der Waals surface area contributed by atoms with E-state index in [-0.39, 0.29) is 5.75 Å². The number of ether oxygens (including phenoxy) is 1. The predicted molar refractivity (Wildman–Crippen MR) is 66.1 cm³/mol. The number of phenolic OH excluding ortho intramolecular Hbond substituents is 1. The van der Waals surface area contributed by atoms with Crippen LogP contribution in [0.4, 0.5) is 0 Å². The number of thiophene rings is 1. The third-order valence-corrected chi connectivity index (χ3v) is 3.50. The molecule has 3 heteroatoms. The van der Waals surface area contributed by atoms with E-state index < -0.39 is 0 Å². The largest absolute Gasteiger partial charge is 0.504 e. The highest BCUT2D eigenvalue weighted by atomic mass is 32.1. The van der Waals surface area contributed by atoms with E-state index in [4.69, 9.17) is 4.74 Å². The van der Waals surface area contributed by atoms with E-state index in [1.807, 2.05) is 6.07 Å². The number of hydrogen-bond donors (Lipinski definition) is 1. The van der Waals surface area contributed by atoms with Crippen LogP contribution < -0.4 is 4.74 Å². The molecular formula is C13H14O2S. The number of para-hydroxylation sites is 2. The van der Waals surface area contributed by atoms with Crippen molar-refractivity contribution in [1.82, 2.24) is 0 Å². The van der Waals surface area contributed by atoms with Crippen LogP contribution in [0, 0.1) is 0 Å². The van der Waals surface area contributed by atoms with Crippen LogP contribution in [0.15, 0.2) is 36.4 Å². The van der Waals surface area contributed by atoms with Crippen LogP contribution in [0.1, 0.15) is 16.7 Å². The summed E-state index contributed by atoms with van der Waals surface area (Å²) < 4.78 is 5.54. The zero-order valence-electron chi connectivity index (χ0n) is 9.14. The number of aryl methyl sites for hydroxylation is 1. The number of rotatable bonds is 4. The maximum Gasteiger partial charge on any atom is 0.161 e. The Bertz CT molecular complexity index is 462. The van der Waals surface area contributed by atoms with Gasteiger partial charge in [0.2, 0.25) is 0 Å². The molecule has 84 valence electrons. The lowest BCUT2D eigenvalue weighted by Gasteiger charge is -2.05. The van der Waals surface area contributed by atoms with Gasteiger partial charge in [0, 0.05) is 9.75 Å². The summed E-state index contributed by atoms with van der Waals surface area (Å²) in [4.78, 5) is 2.54. The van der Waals surface area contributed by atoms with Gasteiger partial charge < -0.3 is 9.84 Å². The maximum absolute atomic E-state index is 9.52. The molecule has 2 rings (SSSR count). The maximum atomic E-state index is 9.52. The SMILES string of the molecule is CCc1ccc(COc2ccccc2O)s1. The highest BCUT2D eigenvalue weighted by molar-refractivity contribution is 7.11. The van der Waals surface area contributed by atoms with E-state index in [2.05, 4.69) is 19.1 Å². The second-order valence-electron chi connectivity index (χ2n) is 3.48. The second-order valence-corrected chi connectivity index (χ2v) is 4.73. The van der Waals surface area contributed by atoms with Crippen molar-refractivity contribution >= 4 is 11.3 Å². The van der Waals surface area contributed by atoms with Gasteiger partial charge in [-0.25, -0.2) is 0 Å². The number of hydrogen-bond acceptors (Lipinski definition) is 3. The van der Waals surface area contributed by atoms with Crippen molar-refractivity contribution in [1.29, 1.82) is 0 Å². The van der Waals surface area contributed by atoms with Crippen molar-refractivity contribution in [2.75, 3.05) is 0 Å². The average Bonchev–Trinajstić information content (AvgIpc) is 2.76. The molecule has 0 saturated heterocycles. The van der Waals surface area contributed by atoms with Crippen molar-refractivity contribution in [2.24, 2.45) is 0 Å². The molecule has 0 radical (unpaired) electrons. The summed E-state index contributed by atoms with van der Waals surface area (Å²) in [6.07, 6.45) is 1.06. The van der Waals surface area contributed by atoms with Crippen LogP contribution in [0.2, 0.25) is 0 Å². The fourth-order valence-corrected chi connectivity index (χ4v) is 2.29. The molecule has 0 aliphatic heterocycles. The van der Waals surface area contributed by atoms with Crippen LogP contribution in [0.25, 0.3) is 0 Å². The van der Waals surface area contributed by atoms with Gasteiger partial charge in [-0.3, -0.25) is 0 Å². The second kappa shape index (κ2) is 5.03. The van der Waals surface area contributed by atoms with Crippen LogP contribution in [-0.4, -0.2) is 5.11 Å². The highest BCUT2D eigenvalue weighted by Gasteiger charge is 2.02.